The molecule has 0 aliphatic carbocycles. The zero-order chi connectivity index (χ0) is 15.5. The summed E-state index contributed by atoms with van der Waals surface area (Å²) in [6.07, 6.45) is 1.19. The van der Waals surface area contributed by atoms with Crippen LogP contribution in [0.3, 0.4) is 0 Å². The van der Waals surface area contributed by atoms with E-state index in [0.29, 0.717) is 12.3 Å². The molecule has 0 fully saturated rings. The smallest absolute Gasteiger partial charge is 0.224 e. The maximum absolute atomic E-state index is 12.0. The summed E-state index contributed by atoms with van der Waals surface area (Å²) >= 11 is 0. The number of oxazole rings is 1. The number of aromatic nitrogens is 1. The SMILES string of the molecule is Cc1ccc(CCC(=O)Nc2ccc3oc(C)nc3c2)cc1. The zero-order valence-corrected chi connectivity index (χ0v) is 12.7. The number of carbonyl (C=O) groups is 1. The van der Waals surface area contributed by atoms with Crippen molar-refractivity contribution in [3.63, 3.8) is 0 Å². The van der Waals surface area contributed by atoms with Crippen LogP contribution in [0, 0.1) is 13.8 Å². The van der Waals surface area contributed by atoms with Crippen molar-refractivity contribution in [1.29, 1.82) is 0 Å². The van der Waals surface area contributed by atoms with Crippen molar-refractivity contribution in [1.82, 2.24) is 4.98 Å². The first-order valence-electron chi connectivity index (χ1n) is 7.33. The highest BCUT2D eigenvalue weighted by Gasteiger charge is 2.06. The summed E-state index contributed by atoms with van der Waals surface area (Å²) in [5.41, 5.74) is 4.63. The third-order valence-electron chi connectivity index (χ3n) is 3.54. The second-order valence-corrected chi connectivity index (χ2v) is 5.45. The summed E-state index contributed by atoms with van der Waals surface area (Å²) in [5, 5.41) is 2.90. The Kier molecular flexibility index (Phi) is 3.92. The van der Waals surface area contributed by atoms with Gasteiger partial charge in [-0.25, -0.2) is 4.98 Å². The molecule has 1 amide bonds. The molecule has 0 aliphatic heterocycles. The quantitative estimate of drug-likeness (QED) is 0.790. The van der Waals surface area contributed by atoms with Crippen LogP contribution in [0.2, 0.25) is 0 Å². The minimum Gasteiger partial charge on any atom is -0.441 e. The normalized spacial score (nSPS) is 10.8. The highest BCUT2D eigenvalue weighted by Crippen LogP contribution is 2.20. The molecule has 3 aromatic rings. The fraction of sp³-hybridized carbons (Fsp3) is 0.222. The van der Waals surface area contributed by atoms with E-state index in [1.165, 1.54) is 11.1 Å². The first kappa shape index (κ1) is 14.3. The number of rotatable bonds is 4. The second kappa shape index (κ2) is 6.02. The molecular formula is C18H18N2O2. The van der Waals surface area contributed by atoms with E-state index in [-0.39, 0.29) is 5.91 Å². The Morgan fingerprint density at radius 3 is 2.68 bits per heavy atom. The van der Waals surface area contributed by atoms with Gasteiger partial charge in [0.1, 0.15) is 5.52 Å². The van der Waals surface area contributed by atoms with Gasteiger partial charge in [-0.15, -0.1) is 0 Å². The maximum atomic E-state index is 12.0. The summed E-state index contributed by atoms with van der Waals surface area (Å²) in [4.78, 5) is 16.3. The van der Waals surface area contributed by atoms with Gasteiger partial charge in [0, 0.05) is 19.0 Å². The molecule has 0 spiro atoms. The molecule has 4 heteroatoms. The summed E-state index contributed by atoms with van der Waals surface area (Å²) in [7, 11) is 0. The fourth-order valence-corrected chi connectivity index (χ4v) is 2.36. The van der Waals surface area contributed by atoms with E-state index in [2.05, 4.69) is 41.5 Å². The molecule has 1 aromatic heterocycles. The van der Waals surface area contributed by atoms with Crippen LogP contribution in [0.25, 0.3) is 11.1 Å². The van der Waals surface area contributed by atoms with Crippen LogP contribution in [0.5, 0.6) is 0 Å². The largest absolute Gasteiger partial charge is 0.441 e. The lowest BCUT2D eigenvalue weighted by Crippen LogP contribution is -2.12. The molecule has 0 saturated heterocycles. The second-order valence-electron chi connectivity index (χ2n) is 5.45. The number of anilines is 1. The minimum absolute atomic E-state index is 0.000131. The molecule has 0 bridgehead atoms. The van der Waals surface area contributed by atoms with Crippen LogP contribution in [0.15, 0.2) is 46.9 Å². The third-order valence-corrected chi connectivity index (χ3v) is 3.54. The molecule has 1 N–H and O–H groups in total. The molecule has 0 unspecified atom stereocenters. The lowest BCUT2D eigenvalue weighted by molar-refractivity contribution is -0.116. The molecule has 0 radical (unpaired) electrons. The number of fused-ring (bicyclic) bond motifs is 1. The van der Waals surface area contributed by atoms with Crippen molar-refractivity contribution >= 4 is 22.7 Å². The summed E-state index contributed by atoms with van der Waals surface area (Å²) < 4.78 is 5.42. The minimum atomic E-state index is 0.000131. The van der Waals surface area contributed by atoms with E-state index in [0.717, 1.165) is 23.2 Å². The van der Waals surface area contributed by atoms with Crippen LogP contribution < -0.4 is 5.32 Å². The van der Waals surface area contributed by atoms with Crippen molar-refractivity contribution in [2.24, 2.45) is 0 Å². The predicted octanol–water partition coefficient (Wildman–Crippen LogP) is 4.02. The van der Waals surface area contributed by atoms with Crippen molar-refractivity contribution < 1.29 is 9.21 Å². The Hall–Kier alpha value is -2.62. The van der Waals surface area contributed by atoms with Gasteiger partial charge in [-0.3, -0.25) is 4.79 Å². The highest BCUT2D eigenvalue weighted by molar-refractivity contribution is 5.92. The van der Waals surface area contributed by atoms with Crippen LogP contribution in [-0.4, -0.2) is 10.9 Å². The molecule has 0 saturated carbocycles. The molecule has 3 rings (SSSR count). The van der Waals surface area contributed by atoms with E-state index < -0.39 is 0 Å². The summed E-state index contributed by atoms with van der Waals surface area (Å²) in [5.74, 6) is 0.623. The van der Waals surface area contributed by atoms with E-state index in [1.54, 1.807) is 6.92 Å². The van der Waals surface area contributed by atoms with E-state index in [4.69, 9.17) is 4.42 Å². The number of benzene rings is 2. The molecule has 22 heavy (non-hydrogen) atoms. The first-order valence-corrected chi connectivity index (χ1v) is 7.33. The van der Waals surface area contributed by atoms with Crippen LogP contribution in [0.4, 0.5) is 5.69 Å². The lowest BCUT2D eigenvalue weighted by Gasteiger charge is -2.05. The van der Waals surface area contributed by atoms with Gasteiger partial charge >= 0.3 is 0 Å². The fourth-order valence-electron chi connectivity index (χ4n) is 2.36. The van der Waals surface area contributed by atoms with Crippen molar-refractivity contribution in [2.45, 2.75) is 26.7 Å². The molecule has 0 aliphatic rings. The Balaban J connectivity index is 1.61. The lowest BCUT2D eigenvalue weighted by atomic mass is 10.1. The molecule has 0 atom stereocenters. The van der Waals surface area contributed by atoms with Gasteiger partial charge in [0.25, 0.3) is 0 Å². The molecule has 1 heterocycles. The van der Waals surface area contributed by atoms with Gasteiger partial charge in [0.05, 0.1) is 0 Å². The molecular weight excluding hydrogens is 276 g/mol. The number of aryl methyl sites for hydroxylation is 3. The molecule has 4 nitrogen and oxygen atoms in total. The summed E-state index contributed by atoms with van der Waals surface area (Å²) in [6, 6.07) is 13.7. The average molecular weight is 294 g/mol. The van der Waals surface area contributed by atoms with E-state index in [9.17, 15) is 4.79 Å². The van der Waals surface area contributed by atoms with Gasteiger partial charge < -0.3 is 9.73 Å². The number of nitrogens with zero attached hydrogens (tertiary/aromatic N) is 1. The topological polar surface area (TPSA) is 55.1 Å². The van der Waals surface area contributed by atoms with E-state index >= 15 is 0 Å². The average Bonchev–Trinajstić information content (AvgIpc) is 2.86. The number of hydrogen-bond donors (Lipinski definition) is 1. The number of nitrogens with one attached hydrogen (secondary N) is 1. The number of amides is 1. The van der Waals surface area contributed by atoms with Gasteiger partial charge in [-0.1, -0.05) is 29.8 Å². The van der Waals surface area contributed by atoms with Gasteiger partial charge in [0.15, 0.2) is 11.5 Å². The Bertz CT molecular complexity index is 804. The molecule has 112 valence electrons. The molecule has 2 aromatic carbocycles. The van der Waals surface area contributed by atoms with Crippen LogP contribution in [-0.2, 0) is 11.2 Å². The van der Waals surface area contributed by atoms with Gasteiger partial charge in [-0.2, -0.15) is 0 Å². The van der Waals surface area contributed by atoms with Crippen molar-refractivity contribution in [3.05, 3.63) is 59.5 Å². The highest BCUT2D eigenvalue weighted by atomic mass is 16.3. The van der Waals surface area contributed by atoms with Crippen LogP contribution >= 0.6 is 0 Å². The number of hydrogen-bond acceptors (Lipinski definition) is 3. The Morgan fingerprint density at radius 2 is 1.91 bits per heavy atom. The van der Waals surface area contributed by atoms with Crippen LogP contribution in [0.1, 0.15) is 23.4 Å². The van der Waals surface area contributed by atoms with Crippen molar-refractivity contribution in [3.8, 4) is 0 Å². The van der Waals surface area contributed by atoms with E-state index in [1.807, 2.05) is 18.2 Å². The van der Waals surface area contributed by atoms with Gasteiger partial charge in [0.2, 0.25) is 5.91 Å². The number of carbonyl (C=O) groups excluding carboxylic acids is 1. The summed E-state index contributed by atoms with van der Waals surface area (Å²) in [6.45, 7) is 3.86. The first-order chi connectivity index (χ1) is 10.6. The Labute approximate surface area is 129 Å². The zero-order valence-electron chi connectivity index (χ0n) is 12.7. The standard InChI is InChI=1S/C18H18N2O2/c1-12-3-5-14(6-4-12)7-10-18(21)20-15-8-9-17-16(11-15)19-13(2)22-17/h3-6,8-9,11H,7,10H2,1-2H3,(H,20,21). The van der Waals surface area contributed by atoms with Gasteiger partial charge in [-0.05, 0) is 37.1 Å². The third kappa shape index (κ3) is 3.34. The predicted molar refractivity (Wildman–Crippen MR) is 86.9 cm³/mol. The maximum Gasteiger partial charge on any atom is 0.224 e. The van der Waals surface area contributed by atoms with Crippen molar-refractivity contribution in [2.75, 3.05) is 5.32 Å². The monoisotopic (exact) mass is 294 g/mol. The Morgan fingerprint density at radius 1 is 1.14 bits per heavy atom.